The topological polar surface area (TPSA) is 0 Å². The summed E-state index contributed by atoms with van der Waals surface area (Å²) in [5, 5.41) is 0.646. The Bertz CT molecular complexity index is 126. The van der Waals surface area contributed by atoms with Crippen LogP contribution in [0.4, 0.5) is 0 Å². The van der Waals surface area contributed by atoms with Crippen molar-refractivity contribution in [2.75, 3.05) is 0 Å². The van der Waals surface area contributed by atoms with Gasteiger partial charge in [-0.05, 0) is 30.6 Å². The van der Waals surface area contributed by atoms with E-state index in [2.05, 4.69) is 33.4 Å². The number of rotatable bonds is 0. The standard InChI is InChI=1S/C11H22S/c1-9-5-4-6-10(12)8-11(2,3)7-9/h9-10,12H,4-8H2,1-3H3/t9-,10?/m1/s1. The molecule has 0 bridgehead atoms. The lowest BCUT2D eigenvalue weighted by Gasteiger charge is -2.33. The maximum atomic E-state index is 4.62. The Morgan fingerprint density at radius 2 is 1.83 bits per heavy atom. The first-order valence-corrected chi connectivity index (χ1v) is 5.69. The van der Waals surface area contributed by atoms with Crippen LogP contribution in [0.2, 0.25) is 0 Å². The molecule has 0 heterocycles. The highest BCUT2D eigenvalue weighted by Crippen LogP contribution is 2.37. The molecule has 1 rings (SSSR count). The van der Waals surface area contributed by atoms with Crippen molar-refractivity contribution >= 4 is 12.6 Å². The molecule has 0 nitrogen and oxygen atoms in total. The van der Waals surface area contributed by atoms with Gasteiger partial charge in [-0.15, -0.1) is 0 Å². The molecule has 1 unspecified atom stereocenters. The van der Waals surface area contributed by atoms with Crippen LogP contribution in [0, 0.1) is 11.3 Å². The molecular weight excluding hydrogens is 164 g/mol. The van der Waals surface area contributed by atoms with Crippen LogP contribution in [0.25, 0.3) is 0 Å². The molecule has 1 saturated carbocycles. The first-order valence-electron chi connectivity index (χ1n) is 5.18. The minimum absolute atomic E-state index is 0.520. The zero-order valence-electron chi connectivity index (χ0n) is 8.64. The van der Waals surface area contributed by atoms with Crippen LogP contribution in [-0.4, -0.2) is 5.25 Å². The van der Waals surface area contributed by atoms with E-state index in [9.17, 15) is 0 Å². The van der Waals surface area contributed by atoms with Crippen LogP contribution in [0.5, 0.6) is 0 Å². The van der Waals surface area contributed by atoms with Gasteiger partial charge in [-0.2, -0.15) is 12.6 Å². The van der Waals surface area contributed by atoms with Gasteiger partial charge in [0.05, 0.1) is 0 Å². The molecule has 0 aromatic heterocycles. The van der Waals surface area contributed by atoms with Gasteiger partial charge in [-0.1, -0.05) is 33.6 Å². The average Bonchev–Trinajstić information content (AvgIpc) is 1.81. The fourth-order valence-corrected chi connectivity index (χ4v) is 3.25. The van der Waals surface area contributed by atoms with E-state index in [0.29, 0.717) is 10.7 Å². The van der Waals surface area contributed by atoms with Crippen molar-refractivity contribution < 1.29 is 0 Å². The summed E-state index contributed by atoms with van der Waals surface area (Å²) >= 11 is 4.62. The minimum Gasteiger partial charge on any atom is -0.176 e. The second-order valence-corrected chi connectivity index (χ2v) is 5.99. The Balaban J connectivity index is 2.51. The Morgan fingerprint density at radius 3 is 2.50 bits per heavy atom. The van der Waals surface area contributed by atoms with E-state index in [0.717, 1.165) is 5.92 Å². The van der Waals surface area contributed by atoms with Crippen LogP contribution < -0.4 is 0 Å². The van der Waals surface area contributed by atoms with Crippen molar-refractivity contribution in [2.45, 2.75) is 58.1 Å². The summed E-state index contributed by atoms with van der Waals surface area (Å²) in [7, 11) is 0. The zero-order chi connectivity index (χ0) is 9.19. The first kappa shape index (κ1) is 10.4. The van der Waals surface area contributed by atoms with Gasteiger partial charge in [0.1, 0.15) is 0 Å². The number of hydrogen-bond donors (Lipinski definition) is 1. The normalized spacial score (nSPS) is 37.0. The molecule has 0 aromatic carbocycles. The van der Waals surface area contributed by atoms with Gasteiger partial charge in [-0.25, -0.2) is 0 Å². The fourth-order valence-electron chi connectivity index (χ4n) is 2.57. The molecule has 0 spiro atoms. The van der Waals surface area contributed by atoms with Crippen molar-refractivity contribution in [1.29, 1.82) is 0 Å². The van der Waals surface area contributed by atoms with Crippen molar-refractivity contribution in [1.82, 2.24) is 0 Å². The van der Waals surface area contributed by atoms with E-state index in [4.69, 9.17) is 0 Å². The van der Waals surface area contributed by atoms with Crippen molar-refractivity contribution in [2.24, 2.45) is 11.3 Å². The average molecular weight is 186 g/mol. The summed E-state index contributed by atoms with van der Waals surface area (Å²) < 4.78 is 0. The third-order valence-electron chi connectivity index (χ3n) is 2.92. The molecule has 1 fully saturated rings. The molecule has 12 heavy (non-hydrogen) atoms. The highest BCUT2D eigenvalue weighted by molar-refractivity contribution is 7.80. The van der Waals surface area contributed by atoms with Gasteiger partial charge in [0.15, 0.2) is 0 Å². The SMILES string of the molecule is C[C@@H]1CCCC(S)CC(C)(C)C1. The monoisotopic (exact) mass is 186 g/mol. The Hall–Kier alpha value is 0.350. The Labute approximate surface area is 82.5 Å². The predicted molar refractivity (Wildman–Crippen MR) is 58.8 cm³/mol. The van der Waals surface area contributed by atoms with Gasteiger partial charge in [-0.3, -0.25) is 0 Å². The maximum absolute atomic E-state index is 4.62. The second kappa shape index (κ2) is 4.04. The van der Waals surface area contributed by atoms with Crippen LogP contribution in [0.1, 0.15) is 52.9 Å². The largest absolute Gasteiger partial charge is 0.176 e. The van der Waals surface area contributed by atoms with Crippen molar-refractivity contribution in [3.63, 3.8) is 0 Å². The quantitative estimate of drug-likeness (QED) is 0.545. The lowest BCUT2D eigenvalue weighted by Crippen LogP contribution is -2.23. The molecule has 1 aliphatic rings. The number of thiol groups is 1. The molecular formula is C11H22S. The summed E-state index contributed by atoms with van der Waals surface area (Å²) in [6, 6.07) is 0. The minimum atomic E-state index is 0.520. The molecule has 0 N–H and O–H groups in total. The second-order valence-electron chi connectivity index (χ2n) is 5.26. The van der Waals surface area contributed by atoms with E-state index < -0.39 is 0 Å². The van der Waals surface area contributed by atoms with Gasteiger partial charge in [0, 0.05) is 5.25 Å². The summed E-state index contributed by atoms with van der Waals surface area (Å²) in [6.07, 6.45) is 6.77. The lowest BCUT2D eigenvalue weighted by atomic mass is 9.75. The van der Waals surface area contributed by atoms with E-state index >= 15 is 0 Å². The molecule has 72 valence electrons. The highest BCUT2D eigenvalue weighted by atomic mass is 32.1. The molecule has 2 atom stereocenters. The summed E-state index contributed by atoms with van der Waals surface area (Å²) in [5.41, 5.74) is 0.520. The van der Waals surface area contributed by atoms with Crippen LogP contribution in [0.15, 0.2) is 0 Å². The van der Waals surface area contributed by atoms with E-state index in [1.807, 2.05) is 0 Å². The third kappa shape index (κ3) is 3.38. The van der Waals surface area contributed by atoms with Gasteiger partial charge < -0.3 is 0 Å². The predicted octanol–water partition coefficient (Wildman–Crippen LogP) is 3.91. The fraction of sp³-hybridized carbons (Fsp3) is 1.00. The smallest absolute Gasteiger partial charge is 0.00218 e. The molecule has 0 radical (unpaired) electrons. The molecule has 1 heteroatoms. The summed E-state index contributed by atoms with van der Waals surface area (Å²) in [5.74, 6) is 0.917. The Morgan fingerprint density at radius 1 is 1.17 bits per heavy atom. The summed E-state index contributed by atoms with van der Waals surface area (Å²) in [4.78, 5) is 0. The molecule has 1 aliphatic carbocycles. The highest BCUT2D eigenvalue weighted by Gasteiger charge is 2.25. The van der Waals surface area contributed by atoms with Gasteiger partial charge in [0.2, 0.25) is 0 Å². The summed E-state index contributed by atoms with van der Waals surface area (Å²) in [6.45, 7) is 7.16. The molecule has 0 aromatic rings. The molecule has 0 amide bonds. The van der Waals surface area contributed by atoms with E-state index in [1.54, 1.807) is 0 Å². The lowest BCUT2D eigenvalue weighted by molar-refractivity contribution is 0.225. The van der Waals surface area contributed by atoms with E-state index in [1.165, 1.54) is 32.1 Å². The van der Waals surface area contributed by atoms with Crippen molar-refractivity contribution in [3.05, 3.63) is 0 Å². The molecule has 0 saturated heterocycles. The van der Waals surface area contributed by atoms with Crippen LogP contribution in [-0.2, 0) is 0 Å². The Kier molecular flexibility index (Phi) is 3.51. The van der Waals surface area contributed by atoms with Crippen LogP contribution >= 0.6 is 12.6 Å². The van der Waals surface area contributed by atoms with Crippen LogP contribution in [0.3, 0.4) is 0 Å². The van der Waals surface area contributed by atoms with Gasteiger partial charge in [0.25, 0.3) is 0 Å². The maximum Gasteiger partial charge on any atom is 0.00218 e. The zero-order valence-corrected chi connectivity index (χ0v) is 9.53. The van der Waals surface area contributed by atoms with E-state index in [-0.39, 0.29) is 0 Å². The number of hydrogen-bond acceptors (Lipinski definition) is 1. The van der Waals surface area contributed by atoms with Gasteiger partial charge >= 0.3 is 0 Å². The molecule has 0 aliphatic heterocycles. The van der Waals surface area contributed by atoms with Crippen molar-refractivity contribution in [3.8, 4) is 0 Å². The third-order valence-corrected chi connectivity index (χ3v) is 3.36. The first-order chi connectivity index (χ1) is 5.49.